The number of rotatable bonds is 3. The Kier molecular flexibility index (Phi) is 3.98. The Morgan fingerprint density at radius 2 is 2.00 bits per heavy atom. The van der Waals surface area contributed by atoms with Gasteiger partial charge in [-0.25, -0.2) is 0 Å². The van der Waals surface area contributed by atoms with Crippen molar-refractivity contribution in [3.63, 3.8) is 0 Å². The Morgan fingerprint density at radius 3 is 2.53 bits per heavy atom. The summed E-state index contributed by atoms with van der Waals surface area (Å²) in [6, 6.07) is 2.74. The molecule has 0 unspecified atom stereocenters. The molecule has 0 spiro atoms. The first-order valence-electron chi connectivity index (χ1n) is 4.80. The Morgan fingerprint density at radius 1 is 1.35 bits per heavy atom. The summed E-state index contributed by atoms with van der Waals surface area (Å²) in [5.74, 6) is -0.985. The van der Waals surface area contributed by atoms with Gasteiger partial charge in [0, 0.05) is 6.42 Å². The highest BCUT2D eigenvalue weighted by molar-refractivity contribution is 5.69. The number of esters is 1. The minimum Gasteiger partial charge on any atom is -0.508 e. The monoisotopic (exact) mass is 248 g/mol. The fourth-order valence-corrected chi connectivity index (χ4v) is 1.33. The molecule has 0 aliphatic rings. The van der Waals surface area contributed by atoms with Crippen molar-refractivity contribution >= 4 is 5.97 Å². The molecule has 1 N–H and O–H groups in total. The van der Waals surface area contributed by atoms with Gasteiger partial charge in [-0.2, -0.15) is 13.2 Å². The van der Waals surface area contributed by atoms with Crippen LogP contribution in [0.25, 0.3) is 0 Å². The average molecular weight is 248 g/mol. The number of hydrogen-bond acceptors (Lipinski definition) is 3. The quantitative estimate of drug-likeness (QED) is 0.836. The highest BCUT2D eigenvalue weighted by Gasteiger charge is 2.31. The van der Waals surface area contributed by atoms with Crippen molar-refractivity contribution in [2.75, 3.05) is 7.11 Å². The molecule has 0 aromatic heterocycles. The molecule has 0 atom stereocenters. The fourth-order valence-electron chi connectivity index (χ4n) is 1.33. The van der Waals surface area contributed by atoms with Crippen LogP contribution in [0.1, 0.15) is 17.5 Å². The number of halogens is 3. The van der Waals surface area contributed by atoms with Gasteiger partial charge in [-0.1, -0.05) is 0 Å². The second-order valence-electron chi connectivity index (χ2n) is 3.46. The topological polar surface area (TPSA) is 46.5 Å². The minimum absolute atomic E-state index is 0.0305. The predicted molar refractivity (Wildman–Crippen MR) is 53.4 cm³/mol. The number of ether oxygens (including phenoxy) is 1. The van der Waals surface area contributed by atoms with Crippen molar-refractivity contribution in [2.24, 2.45) is 0 Å². The van der Waals surface area contributed by atoms with E-state index in [9.17, 15) is 18.0 Å². The van der Waals surface area contributed by atoms with Crippen LogP contribution in [-0.2, 0) is 22.1 Å². The molecule has 0 fully saturated rings. The number of hydrogen-bond donors (Lipinski definition) is 1. The van der Waals surface area contributed by atoms with Crippen LogP contribution >= 0.6 is 0 Å². The Balaban J connectivity index is 2.87. The van der Waals surface area contributed by atoms with Gasteiger partial charge in [0.1, 0.15) is 5.75 Å². The number of phenols is 1. The van der Waals surface area contributed by atoms with Gasteiger partial charge < -0.3 is 9.84 Å². The lowest BCUT2D eigenvalue weighted by molar-refractivity contribution is -0.140. The van der Waals surface area contributed by atoms with E-state index < -0.39 is 23.5 Å². The summed E-state index contributed by atoms with van der Waals surface area (Å²) in [6.07, 6.45) is -4.46. The lowest BCUT2D eigenvalue weighted by Crippen LogP contribution is -2.06. The third kappa shape index (κ3) is 3.97. The Hall–Kier alpha value is -1.72. The zero-order chi connectivity index (χ0) is 13.1. The molecule has 0 saturated heterocycles. The van der Waals surface area contributed by atoms with E-state index in [0.29, 0.717) is 6.07 Å². The number of carbonyl (C=O) groups is 1. The van der Waals surface area contributed by atoms with E-state index in [4.69, 9.17) is 5.11 Å². The van der Waals surface area contributed by atoms with Crippen molar-refractivity contribution in [1.29, 1.82) is 0 Å². The van der Waals surface area contributed by atoms with Crippen LogP contribution in [0, 0.1) is 0 Å². The third-order valence-corrected chi connectivity index (χ3v) is 2.15. The summed E-state index contributed by atoms with van der Waals surface area (Å²) >= 11 is 0. The van der Waals surface area contributed by atoms with Gasteiger partial charge in [0.05, 0.1) is 12.7 Å². The third-order valence-electron chi connectivity index (χ3n) is 2.15. The van der Waals surface area contributed by atoms with E-state index in [2.05, 4.69) is 4.74 Å². The molecule has 1 rings (SSSR count). The van der Waals surface area contributed by atoms with E-state index in [1.54, 1.807) is 0 Å². The van der Waals surface area contributed by atoms with Gasteiger partial charge in [-0.05, 0) is 30.2 Å². The summed E-state index contributed by atoms with van der Waals surface area (Å²) in [4.78, 5) is 10.8. The maximum absolute atomic E-state index is 12.4. The van der Waals surface area contributed by atoms with Crippen LogP contribution < -0.4 is 0 Å². The zero-order valence-electron chi connectivity index (χ0n) is 9.04. The summed E-state index contributed by atoms with van der Waals surface area (Å²) in [6.45, 7) is 0. The average Bonchev–Trinajstić information content (AvgIpc) is 2.24. The molecule has 1 aromatic carbocycles. The van der Waals surface area contributed by atoms with Crippen LogP contribution in [-0.4, -0.2) is 18.2 Å². The SMILES string of the molecule is COC(=O)CCc1cc(O)cc(C(F)(F)F)c1. The molecule has 1 aromatic rings. The molecular formula is C11H11F3O3. The van der Waals surface area contributed by atoms with Gasteiger partial charge in [0.15, 0.2) is 0 Å². The Labute approximate surface area is 95.8 Å². The summed E-state index contributed by atoms with van der Waals surface area (Å²) in [7, 11) is 1.20. The van der Waals surface area contributed by atoms with E-state index in [1.165, 1.54) is 13.2 Å². The van der Waals surface area contributed by atoms with Crippen molar-refractivity contribution < 1.29 is 27.8 Å². The van der Waals surface area contributed by atoms with Crippen LogP contribution in [0.4, 0.5) is 13.2 Å². The Bertz CT molecular complexity index is 413. The smallest absolute Gasteiger partial charge is 0.416 e. The summed E-state index contributed by atoms with van der Waals surface area (Å²) in [5.41, 5.74) is -0.694. The first-order chi connectivity index (χ1) is 7.82. The number of benzene rings is 1. The maximum atomic E-state index is 12.4. The number of methoxy groups -OCH3 is 1. The second kappa shape index (κ2) is 5.07. The van der Waals surface area contributed by atoms with Crippen molar-refractivity contribution in [3.8, 4) is 5.75 Å². The van der Waals surface area contributed by atoms with Crippen molar-refractivity contribution in [1.82, 2.24) is 0 Å². The predicted octanol–water partition coefficient (Wildman–Crippen LogP) is 2.52. The minimum atomic E-state index is -4.52. The molecule has 0 aliphatic heterocycles. The normalized spacial score (nSPS) is 11.3. The van der Waals surface area contributed by atoms with E-state index in [0.717, 1.165) is 6.07 Å². The molecule has 6 heteroatoms. The van der Waals surface area contributed by atoms with E-state index in [-0.39, 0.29) is 18.4 Å². The maximum Gasteiger partial charge on any atom is 0.416 e. The second-order valence-corrected chi connectivity index (χ2v) is 3.46. The van der Waals surface area contributed by atoms with Crippen LogP contribution in [0.2, 0.25) is 0 Å². The lowest BCUT2D eigenvalue weighted by atomic mass is 10.1. The molecule has 94 valence electrons. The van der Waals surface area contributed by atoms with Crippen LogP contribution in [0.3, 0.4) is 0 Å². The molecule has 0 bridgehead atoms. The van der Waals surface area contributed by atoms with Gasteiger partial charge >= 0.3 is 12.1 Å². The molecule has 0 heterocycles. The standard InChI is InChI=1S/C11H11F3O3/c1-17-10(16)3-2-7-4-8(11(12,13)14)6-9(15)5-7/h4-6,15H,2-3H2,1H3. The lowest BCUT2D eigenvalue weighted by Gasteiger charge is -2.09. The van der Waals surface area contributed by atoms with Crippen LogP contribution in [0.5, 0.6) is 5.75 Å². The van der Waals surface area contributed by atoms with Crippen molar-refractivity contribution in [3.05, 3.63) is 29.3 Å². The van der Waals surface area contributed by atoms with Gasteiger partial charge in [-0.3, -0.25) is 4.79 Å². The van der Waals surface area contributed by atoms with E-state index in [1.807, 2.05) is 0 Å². The number of aryl methyl sites for hydroxylation is 1. The van der Waals surface area contributed by atoms with E-state index >= 15 is 0 Å². The first kappa shape index (κ1) is 13.3. The molecule has 0 amide bonds. The largest absolute Gasteiger partial charge is 0.508 e. The highest BCUT2D eigenvalue weighted by atomic mass is 19.4. The zero-order valence-corrected chi connectivity index (χ0v) is 9.04. The molecule has 3 nitrogen and oxygen atoms in total. The molecular weight excluding hydrogens is 237 g/mol. The van der Waals surface area contributed by atoms with Crippen molar-refractivity contribution in [2.45, 2.75) is 19.0 Å². The van der Waals surface area contributed by atoms with Crippen LogP contribution in [0.15, 0.2) is 18.2 Å². The molecule has 0 radical (unpaired) electrons. The van der Waals surface area contributed by atoms with Gasteiger partial charge in [-0.15, -0.1) is 0 Å². The first-order valence-corrected chi connectivity index (χ1v) is 4.80. The highest BCUT2D eigenvalue weighted by Crippen LogP contribution is 2.32. The summed E-state index contributed by atoms with van der Waals surface area (Å²) < 4.78 is 41.6. The van der Waals surface area contributed by atoms with Gasteiger partial charge in [0.25, 0.3) is 0 Å². The molecule has 0 aliphatic carbocycles. The molecule has 17 heavy (non-hydrogen) atoms. The summed E-state index contributed by atoms with van der Waals surface area (Å²) in [5, 5.41) is 9.16. The number of aromatic hydroxyl groups is 1. The van der Waals surface area contributed by atoms with Gasteiger partial charge in [0.2, 0.25) is 0 Å². The number of carbonyl (C=O) groups excluding carboxylic acids is 1. The number of alkyl halides is 3. The number of phenolic OH excluding ortho intramolecular Hbond substituents is 1. The molecule has 0 saturated carbocycles. The fraction of sp³-hybridized carbons (Fsp3) is 0.364.